The lowest BCUT2D eigenvalue weighted by Crippen LogP contribution is -2.04. The molecule has 8 heteroatoms. The molecule has 0 amide bonds. The quantitative estimate of drug-likeness (QED) is 0.574. The largest absolute Gasteiger partial charge is 0.476 e. The number of aromatic carboxylic acids is 1. The molecule has 0 saturated heterocycles. The molecule has 0 spiro atoms. The lowest BCUT2D eigenvalue weighted by Gasteiger charge is -1.99. The van der Waals surface area contributed by atoms with Crippen molar-refractivity contribution in [1.82, 2.24) is 25.4 Å². The number of carboxylic acids is 1. The number of aromatic amines is 1. The molecule has 1 aromatic carbocycles. The maximum Gasteiger partial charge on any atom is 0.356 e. The normalized spacial score (nSPS) is 10.9. The Morgan fingerprint density at radius 1 is 1.33 bits per heavy atom. The first-order chi connectivity index (χ1) is 8.66. The second-order valence-corrected chi connectivity index (χ2v) is 3.66. The average molecular weight is 245 g/mol. The zero-order valence-corrected chi connectivity index (χ0v) is 8.90. The van der Waals surface area contributed by atoms with Gasteiger partial charge in [0.05, 0.1) is 5.52 Å². The molecule has 3 N–H and O–H groups in total. The minimum atomic E-state index is -1.20. The Balaban J connectivity index is 2.23. The molecule has 0 fully saturated rings. The summed E-state index contributed by atoms with van der Waals surface area (Å²) in [4.78, 5) is 10.9. The zero-order chi connectivity index (χ0) is 12.7. The van der Waals surface area contributed by atoms with Crippen molar-refractivity contribution in [3.8, 4) is 11.4 Å². The van der Waals surface area contributed by atoms with E-state index in [4.69, 9.17) is 5.11 Å². The van der Waals surface area contributed by atoms with Gasteiger partial charge in [0.15, 0.2) is 5.69 Å². The van der Waals surface area contributed by atoms with Crippen LogP contribution in [0.1, 0.15) is 10.5 Å². The van der Waals surface area contributed by atoms with Gasteiger partial charge >= 0.3 is 5.97 Å². The van der Waals surface area contributed by atoms with E-state index in [2.05, 4.69) is 20.6 Å². The summed E-state index contributed by atoms with van der Waals surface area (Å²) in [7, 11) is 0. The fourth-order valence-corrected chi connectivity index (χ4v) is 1.76. The zero-order valence-electron chi connectivity index (χ0n) is 8.90. The number of tetrazole rings is 1. The van der Waals surface area contributed by atoms with Crippen LogP contribution in [0, 0.1) is 0 Å². The predicted molar refractivity (Wildman–Crippen MR) is 59.3 cm³/mol. The number of nitrogens with zero attached hydrogens (tertiary/aromatic N) is 4. The molecule has 0 atom stereocenters. The van der Waals surface area contributed by atoms with Crippen LogP contribution in [-0.2, 0) is 0 Å². The summed E-state index contributed by atoms with van der Waals surface area (Å²) in [5, 5.41) is 32.6. The summed E-state index contributed by atoms with van der Waals surface area (Å²) < 4.78 is 0.626. The third-order valence-corrected chi connectivity index (χ3v) is 2.60. The molecular weight excluding hydrogens is 238 g/mol. The highest BCUT2D eigenvalue weighted by Gasteiger charge is 2.15. The number of aromatic nitrogens is 5. The first-order valence-corrected chi connectivity index (χ1v) is 4.98. The van der Waals surface area contributed by atoms with Crippen molar-refractivity contribution >= 4 is 16.9 Å². The summed E-state index contributed by atoms with van der Waals surface area (Å²) in [5.41, 5.74) is 0.798. The van der Waals surface area contributed by atoms with Gasteiger partial charge in [0.1, 0.15) is 0 Å². The molecule has 2 aromatic heterocycles. The fourth-order valence-electron chi connectivity index (χ4n) is 1.76. The predicted octanol–water partition coefficient (Wildman–Crippen LogP) is 0.757. The van der Waals surface area contributed by atoms with Gasteiger partial charge in [-0.1, -0.05) is 12.1 Å². The SMILES string of the molecule is O=C(O)c1cc2ccc(-c3nn[nH]n3)cc2n1O. The highest BCUT2D eigenvalue weighted by atomic mass is 16.5. The second kappa shape index (κ2) is 3.55. The molecule has 8 nitrogen and oxygen atoms in total. The van der Waals surface area contributed by atoms with Crippen molar-refractivity contribution in [3.63, 3.8) is 0 Å². The van der Waals surface area contributed by atoms with Crippen molar-refractivity contribution in [2.45, 2.75) is 0 Å². The summed E-state index contributed by atoms with van der Waals surface area (Å²) in [6, 6.07) is 6.38. The summed E-state index contributed by atoms with van der Waals surface area (Å²) in [6.45, 7) is 0. The highest BCUT2D eigenvalue weighted by molar-refractivity contribution is 5.95. The van der Waals surface area contributed by atoms with E-state index in [1.165, 1.54) is 6.07 Å². The van der Waals surface area contributed by atoms with Crippen LogP contribution in [0.25, 0.3) is 22.3 Å². The number of H-pyrrole nitrogens is 1. The Hall–Kier alpha value is -2.90. The molecule has 0 aliphatic rings. The van der Waals surface area contributed by atoms with Gasteiger partial charge in [0.25, 0.3) is 0 Å². The van der Waals surface area contributed by atoms with Crippen LogP contribution < -0.4 is 0 Å². The lowest BCUT2D eigenvalue weighted by atomic mass is 10.1. The van der Waals surface area contributed by atoms with Gasteiger partial charge in [-0.25, -0.2) is 4.79 Å². The Morgan fingerprint density at radius 2 is 2.17 bits per heavy atom. The molecule has 0 bridgehead atoms. The molecule has 0 aliphatic carbocycles. The molecule has 0 radical (unpaired) electrons. The number of hydrogen-bond donors (Lipinski definition) is 3. The van der Waals surface area contributed by atoms with Crippen LogP contribution in [0.2, 0.25) is 0 Å². The Morgan fingerprint density at radius 3 is 2.83 bits per heavy atom. The third-order valence-electron chi connectivity index (χ3n) is 2.60. The maximum atomic E-state index is 10.9. The molecule has 0 unspecified atom stereocenters. The number of rotatable bonds is 2. The van der Waals surface area contributed by atoms with Gasteiger partial charge in [-0.05, 0) is 17.3 Å². The molecule has 2 heterocycles. The number of hydrogen-bond acceptors (Lipinski definition) is 5. The van der Waals surface area contributed by atoms with E-state index >= 15 is 0 Å². The Kier molecular flexibility index (Phi) is 2.03. The molecule has 0 saturated carbocycles. The number of benzene rings is 1. The number of nitrogens with one attached hydrogen (secondary N) is 1. The fraction of sp³-hybridized carbons (Fsp3) is 0. The topological polar surface area (TPSA) is 117 Å². The van der Waals surface area contributed by atoms with Crippen molar-refractivity contribution in [2.75, 3.05) is 0 Å². The van der Waals surface area contributed by atoms with Crippen molar-refractivity contribution in [2.24, 2.45) is 0 Å². The average Bonchev–Trinajstić information content (AvgIpc) is 2.97. The van der Waals surface area contributed by atoms with E-state index in [9.17, 15) is 10.0 Å². The summed E-state index contributed by atoms with van der Waals surface area (Å²) >= 11 is 0. The van der Waals surface area contributed by atoms with Gasteiger partial charge in [0.2, 0.25) is 5.82 Å². The van der Waals surface area contributed by atoms with Crippen LogP contribution in [0.5, 0.6) is 0 Å². The second-order valence-electron chi connectivity index (χ2n) is 3.66. The van der Waals surface area contributed by atoms with Gasteiger partial charge < -0.3 is 10.3 Å². The molecule has 3 aromatic rings. The standard InChI is InChI=1S/C10H7N5O3/c16-10(17)8-3-5-1-2-6(4-7(5)15(8)18)9-11-13-14-12-9/h1-4,18H,(H,16,17)(H,11,12,13,14). The maximum absolute atomic E-state index is 10.9. The van der Waals surface area contributed by atoms with Crippen LogP contribution in [0.4, 0.5) is 0 Å². The number of carbonyl (C=O) groups is 1. The van der Waals surface area contributed by atoms with Crippen molar-refractivity contribution in [3.05, 3.63) is 30.0 Å². The van der Waals surface area contributed by atoms with E-state index in [-0.39, 0.29) is 5.69 Å². The van der Waals surface area contributed by atoms with Gasteiger partial charge in [-0.15, -0.1) is 10.2 Å². The summed E-state index contributed by atoms with van der Waals surface area (Å²) in [6.07, 6.45) is 0. The molecule has 90 valence electrons. The highest BCUT2D eigenvalue weighted by Crippen LogP contribution is 2.23. The van der Waals surface area contributed by atoms with Crippen molar-refractivity contribution in [1.29, 1.82) is 0 Å². The first kappa shape index (κ1) is 10.3. The van der Waals surface area contributed by atoms with Crippen LogP contribution in [0.3, 0.4) is 0 Å². The monoisotopic (exact) mass is 245 g/mol. The van der Waals surface area contributed by atoms with Gasteiger partial charge in [0, 0.05) is 10.9 Å². The first-order valence-electron chi connectivity index (χ1n) is 4.98. The molecule has 18 heavy (non-hydrogen) atoms. The molecular formula is C10H7N5O3. The van der Waals surface area contributed by atoms with Crippen LogP contribution >= 0.6 is 0 Å². The third kappa shape index (κ3) is 1.39. The van der Waals surface area contributed by atoms with Gasteiger partial charge in [-0.3, -0.25) is 0 Å². The Labute approximate surface area is 99.4 Å². The van der Waals surface area contributed by atoms with E-state index in [0.717, 1.165) is 0 Å². The minimum absolute atomic E-state index is 0.199. The van der Waals surface area contributed by atoms with E-state index in [1.54, 1.807) is 18.2 Å². The van der Waals surface area contributed by atoms with Crippen LogP contribution in [-0.4, -0.2) is 41.6 Å². The van der Waals surface area contributed by atoms with Crippen molar-refractivity contribution < 1.29 is 15.1 Å². The smallest absolute Gasteiger partial charge is 0.356 e. The molecule has 3 rings (SSSR count). The Bertz CT molecular complexity index is 731. The lowest BCUT2D eigenvalue weighted by molar-refractivity contribution is 0.0649. The van der Waals surface area contributed by atoms with E-state index in [1.807, 2.05) is 0 Å². The van der Waals surface area contributed by atoms with Crippen LogP contribution in [0.15, 0.2) is 24.3 Å². The minimum Gasteiger partial charge on any atom is -0.476 e. The van der Waals surface area contributed by atoms with Gasteiger partial charge in [-0.2, -0.15) is 9.94 Å². The van der Waals surface area contributed by atoms with E-state index < -0.39 is 5.97 Å². The number of carboxylic acid groups (broad SMARTS) is 1. The summed E-state index contributed by atoms with van der Waals surface area (Å²) in [5.74, 6) is -0.829. The number of fused-ring (bicyclic) bond motifs is 1. The van der Waals surface area contributed by atoms with E-state index in [0.29, 0.717) is 27.0 Å². The molecule has 0 aliphatic heterocycles.